The fourth-order valence-electron chi connectivity index (χ4n) is 2.73. The van der Waals surface area contributed by atoms with E-state index in [0.29, 0.717) is 31.0 Å². The molecule has 0 aliphatic carbocycles. The van der Waals surface area contributed by atoms with Crippen molar-refractivity contribution in [2.45, 2.75) is 32.0 Å². The summed E-state index contributed by atoms with van der Waals surface area (Å²) in [7, 11) is 1.64. The number of halogens is 3. The number of nitrogens with zero attached hydrogens (tertiary/aromatic N) is 2. The zero-order chi connectivity index (χ0) is 19.9. The maximum atomic E-state index is 12.5. The van der Waals surface area contributed by atoms with Gasteiger partial charge in [0.05, 0.1) is 12.1 Å². The Balaban J connectivity index is 1.81. The van der Waals surface area contributed by atoms with Crippen LogP contribution in [0.25, 0.3) is 0 Å². The number of carbonyl (C=O) groups excluding carboxylic acids is 1. The topological polar surface area (TPSA) is 56.7 Å². The number of rotatable bonds is 3. The number of alkyl halides is 3. The van der Waals surface area contributed by atoms with Gasteiger partial charge in [-0.25, -0.2) is 0 Å². The van der Waals surface area contributed by atoms with Crippen LogP contribution in [0.3, 0.4) is 0 Å². The van der Waals surface area contributed by atoms with Gasteiger partial charge >= 0.3 is 6.18 Å². The predicted octanol–water partition coefficient (Wildman–Crippen LogP) is 2.23. The Morgan fingerprint density at radius 1 is 1.33 bits per heavy atom. The van der Waals surface area contributed by atoms with Gasteiger partial charge in [-0.05, 0) is 30.7 Å². The third-order valence-corrected chi connectivity index (χ3v) is 4.20. The minimum atomic E-state index is -4.34. The van der Waals surface area contributed by atoms with Crippen molar-refractivity contribution in [3.8, 4) is 11.8 Å². The Morgan fingerprint density at radius 3 is 2.63 bits per heavy atom. The summed E-state index contributed by atoms with van der Waals surface area (Å²) in [5.41, 5.74) is -0.180. The number of aliphatic imine (C=N–C) groups is 1. The average molecular weight is 380 g/mol. The van der Waals surface area contributed by atoms with Gasteiger partial charge in [0.25, 0.3) is 0 Å². The van der Waals surface area contributed by atoms with Gasteiger partial charge < -0.3 is 15.5 Å². The normalized spacial score (nSPS) is 17.3. The number of nitrogens with one attached hydrogen (secondary N) is 2. The molecular weight excluding hydrogens is 357 g/mol. The van der Waals surface area contributed by atoms with Crippen molar-refractivity contribution in [2.24, 2.45) is 4.99 Å². The van der Waals surface area contributed by atoms with E-state index in [-0.39, 0.29) is 11.9 Å². The number of amides is 1. The Kier molecular flexibility index (Phi) is 7.11. The van der Waals surface area contributed by atoms with Crippen LogP contribution in [0.4, 0.5) is 13.2 Å². The second kappa shape index (κ2) is 9.31. The van der Waals surface area contributed by atoms with Gasteiger partial charge in [-0.1, -0.05) is 18.8 Å². The van der Waals surface area contributed by atoms with Gasteiger partial charge in [-0.15, -0.1) is 0 Å². The first-order valence-electron chi connectivity index (χ1n) is 8.74. The van der Waals surface area contributed by atoms with Crippen molar-refractivity contribution in [1.82, 2.24) is 15.5 Å². The molecular formula is C19H23F3N4O. The summed E-state index contributed by atoms with van der Waals surface area (Å²) in [5.74, 6) is 6.39. The van der Waals surface area contributed by atoms with Crippen LogP contribution in [-0.4, -0.2) is 49.5 Å². The highest BCUT2D eigenvalue weighted by molar-refractivity contribution is 5.80. The minimum Gasteiger partial charge on any atom is -0.352 e. The molecule has 0 saturated carbocycles. The van der Waals surface area contributed by atoms with Crippen molar-refractivity contribution in [2.75, 3.05) is 26.7 Å². The summed E-state index contributed by atoms with van der Waals surface area (Å²) < 4.78 is 37.6. The molecule has 1 heterocycles. The minimum absolute atomic E-state index is 0.134. The molecule has 27 heavy (non-hydrogen) atoms. The molecule has 1 aliphatic heterocycles. The maximum Gasteiger partial charge on any atom is 0.416 e. The van der Waals surface area contributed by atoms with Gasteiger partial charge in [0.1, 0.15) is 0 Å². The van der Waals surface area contributed by atoms with E-state index >= 15 is 0 Å². The van der Waals surface area contributed by atoms with Crippen molar-refractivity contribution in [3.63, 3.8) is 0 Å². The molecule has 0 bridgehead atoms. The van der Waals surface area contributed by atoms with Gasteiger partial charge in [0.15, 0.2) is 5.96 Å². The second-order valence-corrected chi connectivity index (χ2v) is 6.13. The third-order valence-electron chi connectivity index (χ3n) is 4.20. The molecule has 8 heteroatoms. The molecule has 1 saturated heterocycles. The summed E-state index contributed by atoms with van der Waals surface area (Å²) in [6.07, 6.45) is -2.99. The highest BCUT2D eigenvalue weighted by Crippen LogP contribution is 2.28. The highest BCUT2D eigenvalue weighted by atomic mass is 19.4. The van der Waals surface area contributed by atoms with Crippen molar-refractivity contribution in [1.29, 1.82) is 0 Å². The SMILES string of the molecule is CCC(=O)N1CCC(NC(=NC)NCC#Cc2ccc(C(F)(F)F)cc2)C1. The van der Waals surface area contributed by atoms with Crippen molar-refractivity contribution < 1.29 is 18.0 Å². The lowest BCUT2D eigenvalue weighted by Crippen LogP contribution is -2.45. The second-order valence-electron chi connectivity index (χ2n) is 6.13. The third kappa shape index (κ3) is 6.20. The standard InChI is InChI=1S/C19H23F3N4O/c1-3-17(27)26-12-10-16(13-26)25-18(23-2)24-11-4-5-14-6-8-15(9-7-14)19(20,21)22/h6-9,16H,3,10-13H2,1-2H3,(H2,23,24,25). The Bertz CT molecular complexity index is 732. The van der Waals surface area contributed by atoms with Crippen LogP contribution in [0.1, 0.15) is 30.9 Å². The maximum absolute atomic E-state index is 12.5. The molecule has 2 N–H and O–H groups in total. The van der Waals surface area contributed by atoms with Gasteiger partial charge in [-0.3, -0.25) is 9.79 Å². The van der Waals surface area contributed by atoms with Crippen LogP contribution in [0.15, 0.2) is 29.3 Å². The molecule has 1 aromatic carbocycles. The van der Waals surface area contributed by atoms with E-state index in [4.69, 9.17) is 0 Å². The molecule has 1 unspecified atom stereocenters. The molecule has 146 valence electrons. The van der Waals surface area contributed by atoms with Crippen LogP contribution in [0.5, 0.6) is 0 Å². The first-order chi connectivity index (χ1) is 12.8. The summed E-state index contributed by atoms with van der Waals surface area (Å²) in [6, 6.07) is 4.86. The quantitative estimate of drug-likeness (QED) is 0.480. The fraction of sp³-hybridized carbons (Fsp3) is 0.474. The summed E-state index contributed by atoms with van der Waals surface area (Å²) in [5, 5.41) is 6.29. The number of guanidine groups is 1. The van der Waals surface area contributed by atoms with E-state index in [1.807, 2.05) is 11.8 Å². The molecule has 0 aromatic heterocycles. The fourth-order valence-corrected chi connectivity index (χ4v) is 2.73. The van der Waals surface area contributed by atoms with E-state index in [1.54, 1.807) is 7.05 Å². The number of carbonyl (C=O) groups is 1. The van der Waals surface area contributed by atoms with Crippen LogP contribution in [-0.2, 0) is 11.0 Å². The van der Waals surface area contributed by atoms with Crippen molar-refractivity contribution >= 4 is 11.9 Å². The molecule has 0 radical (unpaired) electrons. The highest BCUT2D eigenvalue weighted by Gasteiger charge is 2.29. The Hall–Kier alpha value is -2.69. The summed E-state index contributed by atoms with van der Waals surface area (Å²) in [6.45, 7) is 3.52. The first kappa shape index (κ1) is 20.6. The molecule has 1 fully saturated rings. The Labute approximate surface area is 157 Å². The number of hydrogen-bond donors (Lipinski definition) is 2. The predicted molar refractivity (Wildman–Crippen MR) is 98.1 cm³/mol. The number of likely N-dealkylation sites (tertiary alicyclic amines) is 1. The molecule has 1 amide bonds. The molecule has 2 rings (SSSR count). The van der Waals surface area contributed by atoms with E-state index in [1.165, 1.54) is 12.1 Å². The smallest absolute Gasteiger partial charge is 0.352 e. The van der Waals surface area contributed by atoms with Gasteiger partial charge in [0, 0.05) is 38.2 Å². The lowest BCUT2D eigenvalue weighted by molar-refractivity contribution is -0.137. The zero-order valence-corrected chi connectivity index (χ0v) is 15.4. The lowest BCUT2D eigenvalue weighted by Gasteiger charge is -2.18. The summed E-state index contributed by atoms with van der Waals surface area (Å²) in [4.78, 5) is 17.7. The van der Waals surface area contributed by atoms with E-state index in [9.17, 15) is 18.0 Å². The van der Waals surface area contributed by atoms with E-state index < -0.39 is 11.7 Å². The van der Waals surface area contributed by atoms with Gasteiger partial charge in [0.2, 0.25) is 5.91 Å². The largest absolute Gasteiger partial charge is 0.416 e. The monoisotopic (exact) mass is 380 g/mol. The number of benzene rings is 1. The van der Waals surface area contributed by atoms with Crippen LogP contribution < -0.4 is 10.6 Å². The van der Waals surface area contributed by atoms with Crippen LogP contribution in [0.2, 0.25) is 0 Å². The van der Waals surface area contributed by atoms with Crippen molar-refractivity contribution in [3.05, 3.63) is 35.4 Å². The molecule has 1 aromatic rings. The zero-order valence-electron chi connectivity index (χ0n) is 15.4. The van der Waals surface area contributed by atoms with Gasteiger partial charge in [-0.2, -0.15) is 13.2 Å². The average Bonchev–Trinajstić information content (AvgIpc) is 3.11. The first-order valence-corrected chi connectivity index (χ1v) is 8.74. The number of hydrogen-bond acceptors (Lipinski definition) is 2. The van der Waals surface area contributed by atoms with Crippen LogP contribution >= 0.6 is 0 Å². The summed E-state index contributed by atoms with van der Waals surface area (Å²) >= 11 is 0. The van der Waals surface area contributed by atoms with E-state index in [0.717, 1.165) is 25.1 Å². The molecule has 1 atom stereocenters. The lowest BCUT2D eigenvalue weighted by atomic mass is 10.1. The molecule has 5 nitrogen and oxygen atoms in total. The Morgan fingerprint density at radius 2 is 2.04 bits per heavy atom. The van der Waals surface area contributed by atoms with Crippen LogP contribution in [0, 0.1) is 11.8 Å². The molecule has 0 spiro atoms. The van der Waals surface area contributed by atoms with E-state index in [2.05, 4.69) is 27.5 Å². The molecule has 1 aliphatic rings.